The Morgan fingerprint density at radius 1 is 1.15 bits per heavy atom. The SMILES string of the molecule is CC(C)OC1=CSc2cc3nccc(C(F)(F)F)c3cc2N1CC(F)(F)F. The van der Waals surface area contributed by atoms with Crippen molar-refractivity contribution in [2.75, 3.05) is 11.4 Å². The Hall–Kier alpha value is -2.10. The van der Waals surface area contributed by atoms with Crippen LogP contribution in [0.4, 0.5) is 32.0 Å². The summed E-state index contributed by atoms with van der Waals surface area (Å²) in [5.74, 6) is -0.0587. The zero-order valence-corrected chi connectivity index (χ0v) is 15.0. The zero-order valence-electron chi connectivity index (χ0n) is 14.1. The van der Waals surface area contributed by atoms with Crippen molar-refractivity contribution < 1.29 is 31.1 Å². The van der Waals surface area contributed by atoms with E-state index in [1.807, 2.05) is 0 Å². The molecule has 3 nitrogen and oxygen atoms in total. The van der Waals surface area contributed by atoms with E-state index in [0.717, 1.165) is 35.0 Å². The van der Waals surface area contributed by atoms with Gasteiger partial charge in [-0.3, -0.25) is 4.98 Å². The first-order valence-electron chi connectivity index (χ1n) is 7.83. The number of fused-ring (bicyclic) bond motifs is 2. The summed E-state index contributed by atoms with van der Waals surface area (Å²) >= 11 is 1.08. The highest BCUT2D eigenvalue weighted by atomic mass is 32.2. The fourth-order valence-corrected chi connectivity index (χ4v) is 3.57. The molecule has 2 aromatic rings. The quantitative estimate of drug-likeness (QED) is 0.586. The largest absolute Gasteiger partial charge is 0.476 e. The fourth-order valence-electron chi connectivity index (χ4n) is 2.69. The van der Waals surface area contributed by atoms with Crippen LogP contribution >= 0.6 is 11.8 Å². The summed E-state index contributed by atoms with van der Waals surface area (Å²) in [7, 11) is 0. The van der Waals surface area contributed by atoms with Crippen molar-refractivity contribution in [2.45, 2.75) is 37.2 Å². The normalized spacial score (nSPS) is 15.1. The van der Waals surface area contributed by atoms with Gasteiger partial charge in [-0.2, -0.15) is 26.3 Å². The third-order valence-electron chi connectivity index (χ3n) is 3.67. The molecule has 0 radical (unpaired) electrons. The Balaban J connectivity index is 2.18. The fraction of sp³-hybridized carbons (Fsp3) is 0.353. The number of thioether (sulfide) groups is 1. The van der Waals surface area contributed by atoms with Crippen LogP contribution < -0.4 is 4.90 Å². The minimum absolute atomic E-state index is 0.00137. The van der Waals surface area contributed by atoms with Crippen LogP contribution in [0.3, 0.4) is 0 Å². The number of alkyl halides is 6. The first-order chi connectivity index (χ1) is 12.5. The molecule has 10 heteroatoms. The van der Waals surface area contributed by atoms with Gasteiger partial charge in [0.15, 0.2) is 0 Å². The molecular formula is C17H14F6N2OS. The maximum Gasteiger partial charge on any atom is 0.417 e. The van der Waals surface area contributed by atoms with Gasteiger partial charge in [-0.15, -0.1) is 0 Å². The first kappa shape index (κ1) is 19.7. The van der Waals surface area contributed by atoms with Gasteiger partial charge >= 0.3 is 12.4 Å². The highest BCUT2D eigenvalue weighted by molar-refractivity contribution is 8.02. The molecule has 0 aliphatic carbocycles. The lowest BCUT2D eigenvalue weighted by atomic mass is 10.1. The minimum Gasteiger partial charge on any atom is -0.476 e. The molecule has 2 heterocycles. The molecule has 0 saturated heterocycles. The van der Waals surface area contributed by atoms with Crippen LogP contribution in [0.25, 0.3) is 10.9 Å². The summed E-state index contributed by atoms with van der Waals surface area (Å²) in [6.45, 7) is 1.92. The van der Waals surface area contributed by atoms with Gasteiger partial charge in [0.05, 0.1) is 22.9 Å². The van der Waals surface area contributed by atoms with Gasteiger partial charge in [-0.05, 0) is 32.0 Å². The summed E-state index contributed by atoms with van der Waals surface area (Å²) in [6, 6.07) is 3.26. The number of benzene rings is 1. The van der Waals surface area contributed by atoms with Gasteiger partial charge in [0.25, 0.3) is 0 Å². The third-order valence-corrected chi connectivity index (χ3v) is 4.57. The van der Waals surface area contributed by atoms with E-state index >= 15 is 0 Å². The molecule has 0 unspecified atom stereocenters. The van der Waals surface area contributed by atoms with Crippen molar-refractivity contribution in [3.63, 3.8) is 0 Å². The summed E-state index contributed by atoms with van der Waals surface area (Å²) in [4.78, 5) is 5.14. The number of ether oxygens (including phenoxy) is 1. The molecule has 0 amide bonds. The van der Waals surface area contributed by atoms with E-state index in [2.05, 4.69) is 4.98 Å². The van der Waals surface area contributed by atoms with E-state index in [-0.39, 0.29) is 22.5 Å². The maximum atomic E-state index is 13.3. The van der Waals surface area contributed by atoms with E-state index in [9.17, 15) is 26.3 Å². The van der Waals surface area contributed by atoms with Gasteiger partial charge in [-0.1, -0.05) is 11.8 Å². The average molecular weight is 408 g/mol. The summed E-state index contributed by atoms with van der Waals surface area (Å²) in [5, 5.41) is 1.15. The average Bonchev–Trinajstić information content (AvgIpc) is 2.52. The molecule has 1 aromatic carbocycles. The van der Waals surface area contributed by atoms with Crippen molar-refractivity contribution in [2.24, 2.45) is 0 Å². The van der Waals surface area contributed by atoms with Crippen LogP contribution in [0.5, 0.6) is 0 Å². The molecule has 27 heavy (non-hydrogen) atoms. The minimum atomic E-state index is -4.65. The third kappa shape index (κ3) is 4.26. The molecule has 0 atom stereocenters. The van der Waals surface area contributed by atoms with Gasteiger partial charge in [0.1, 0.15) is 6.54 Å². The topological polar surface area (TPSA) is 25.4 Å². The molecule has 0 bridgehead atoms. The second kappa shape index (κ2) is 6.81. The number of aromatic nitrogens is 1. The van der Waals surface area contributed by atoms with Gasteiger partial charge in [-0.25, -0.2) is 0 Å². The highest BCUT2D eigenvalue weighted by Gasteiger charge is 2.37. The van der Waals surface area contributed by atoms with Crippen molar-refractivity contribution in [1.82, 2.24) is 4.98 Å². The number of anilines is 1. The van der Waals surface area contributed by atoms with E-state index in [1.54, 1.807) is 13.8 Å². The lowest BCUT2D eigenvalue weighted by molar-refractivity contribution is -0.136. The van der Waals surface area contributed by atoms with E-state index in [4.69, 9.17) is 4.74 Å². The molecule has 1 aliphatic heterocycles. The van der Waals surface area contributed by atoms with Crippen molar-refractivity contribution in [3.05, 3.63) is 41.3 Å². The number of halogens is 6. The maximum absolute atomic E-state index is 13.3. The number of rotatable bonds is 3. The van der Waals surface area contributed by atoms with Crippen LogP contribution in [0, 0.1) is 0 Å². The van der Waals surface area contributed by atoms with Crippen molar-refractivity contribution in [3.8, 4) is 0 Å². The summed E-state index contributed by atoms with van der Waals surface area (Å²) in [6.07, 6.45) is -8.60. The first-order valence-corrected chi connectivity index (χ1v) is 8.71. The molecule has 0 fully saturated rings. The number of hydrogen-bond donors (Lipinski definition) is 0. The summed E-state index contributed by atoms with van der Waals surface area (Å²) < 4.78 is 84.7. The van der Waals surface area contributed by atoms with Gasteiger partial charge < -0.3 is 9.64 Å². The lowest BCUT2D eigenvalue weighted by Crippen LogP contribution is -2.36. The van der Waals surface area contributed by atoms with E-state index < -0.39 is 30.6 Å². The predicted octanol–water partition coefficient (Wildman–Crippen LogP) is 5.95. The second-order valence-electron chi connectivity index (χ2n) is 6.14. The van der Waals surface area contributed by atoms with E-state index in [1.165, 1.54) is 11.5 Å². The number of hydrogen-bond acceptors (Lipinski definition) is 4. The Kier molecular flexibility index (Phi) is 4.96. The Morgan fingerprint density at radius 2 is 1.85 bits per heavy atom. The standard InChI is InChI=1S/C17H14F6N2OS/c1-9(2)26-15-7-27-14-6-12-10(11(3-4-24-12)17(21,22)23)5-13(14)25(15)8-16(18,19)20/h3-7,9H,8H2,1-2H3. The van der Waals surface area contributed by atoms with Gasteiger partial charge in [0.2, 0.25) is 5.88 Å². The molecule has 0 N–H and O–H groups in total. The number of nitrogens with zero attached hydrogens (tertiary/aromatic N) is 2. The van der Waals surface area contributed by atoms with Gasteiger partial charge in [0, 0.05) is 21.9 Å². The molecule has 1 aliphatic rings. The highest BCUT2D eigenvalue weighted by Crippen LogP contribution is 2.44. The molecule has 146 valence electrons. The molecule has 1 aromatic heterocycles. The Morgan fingerprint density at radius 3 is 2.44 bits per heavy atom. The molecule has 3 rings (SSSR count). The van der Waals surface area contributed by atoms with Crippen LogP contribution in [0.15, 0.2) is 40.6 Å². The zero-order chi connectivity index (χ0) is 20.0. The molecule has 0 saturated carbocycles. The number of pyridine rings is 1. The van der Waals surface area contributed by atoms with E-state index in [0.29, 0.717) is 4.90 Å². The van der Waals surface area contributed by atoms with Crippen molar-refractivity contribution in [1.29, 1.82) is 0 Å². The monoisotopic (exact) mass is 408 g/mol. The van der Waals surface area contributed by atoms with Crippen LogP contribution in [0.2, 0.25) is 0 Å². The second-order valence-corrected chi connectivity index (χ2v) is 7.05. The van der Waals surface area contributed by atoms with Crippen LogP contribution in [-0.4, -0.2) is 23.8 Å². The Labute approximate surface area is 155 Å². The molecular weight excluding hydrogens is 394 g/mol. The van der Waals surface area contributed by atoms with Crippen molar-refractivity contribution >= 4 is 28.4 Å². The summed E-state index contributed by atoms with van der Waals surface area (Å²) in [5.41, 5.74) is -0.890. The molecule has 0 spiro atoms. The predicted molar refractivity (Wildman–Crippen MR) is 90.3 cm³/mol. The smallest absolute Gasteiger partial charge is 0.417 e. The van der Waals surface area contributed by atoms with Crippen LogP contribution in [-0.2, 0) is 10.9 Å². The van der Waals surface area contributed by atoms with Crippen LogP contribution in [0.1, 0.15) is 19.4 Å². The lowest BCUT2D eigenvalue weighted by Gasteiger charge is -2.33. The Bertz CT molecular complexity index is 891.